The molecule has 33 heavy (non-hydrogen) atoms. The van der Waals surface area contributed by atoms with E-state index in [1.165, 1.54) is 15.9 Å². The smallest absolute Gasteiger partial charge is 0.291 e. The fourth-order valence-electron chi connectivity index (χ4n) is 3.27. The van der Waals surface area contributed by atoms with Crippen LogP contribution >= 0.6 is 38.6 Å². The first-order valence-electron chi connectivity index (χ1n) is 9.87. The first-order valence-corrected chi connectivity index (χ1v) is 12.3. The molecule has 0 N–H and O–H groups in total. The number of aromatic nitrogens is 4. The van der Waals surface area contributed by atoms with Gasteiger partial charge in [0.2, 0.25) is 4.96 Å². The number of hydrogen-bond acceptors (Lipinski definition) is 8. The third-order valence-corrected chi connectivity index (χ3v) is 7.35. The van der Waals surface area contributed by atoms with Crippen LogP contribution in [0.1, 0.15) is 11.6 Å². The Morgan fingerprint density at radius 3 is 2.70 bits per heavy atom. The van der Waals surface area contributed by atoms with Crippen LogP contribution in [0.15, 0.2) is 74.3 Å². The van der Waals surface area contributed by atoms with Crippen LogP contribution in [-0.2, 0) is 6.61 Å². The summed E-state index contributed by atoms with van der Waals surface area (Å²) >= 11 is 6.21. The third-order valence-electron chi connectivity index (χ3n) is 4.81. The molecule has 0 aliphatic heterocycles. The minimum absolute atomic E-state index is 0.179. The monoisotopic (exact) mass is 536 g/mol. The number of ether oxygens (including phenoxy) is 1. The molecule has 2 aromatic carbocycles. The number of nitrogens with zero attached hydrogens (tertiary/aromatic N) is 4. The predicted octanol–water partition coefficient (Wildman–Crippen LogP) is 4.91. The number of fused-ring (bicyclic) bond motifs is 2. The van der Waals surface area contributed by atoms with E-state index < -0.39 is 0 Å². The molecule has 4 heterocycles. The molecule has 0 saturated heterocycles. The van der Waals surface area contributed by atoms with Gasteiger partial charge in [-0.2, -0.15) is 9.50 Å². The van der Waals surface area contributed by atoms with Crippen molar-refractivity contribution in [2.24, 2.45) is 0 Å². The van der Waals surface area contributed by atoms with Crippen LogP contribution in [0.5, 0.6) is 5.75 Å². The van der Waals surface area contributed by atoms with Gasteiger partial charge in [-0.05, 0) is 48.5 Å². The second-order valence-electron chi connectivity index (χ2n) is 7.07. The highest BCUT2D eigenvalue weighted by Crippen LogP contribution is 2.31. The van der Waals surface area contributed by atoms with Gasteiger partial charge in [-0.25, -0.2) is 4.98 Å². The molecule has 4 aromatic heterocycles. The summed E-state index contributed by atoms with van der Waals surface area (Å²) in [5.74, 6) is 2.39. The molecule has 0 amide bonds. The maximum Gasteiger partial charge on any atom is 0.291 e. The zero-order valence-electron chi connectivity index (χ0n) is 16.8. The fourth-order valence-corrected chi connectivity index (χ4v) is 5.36. The number of halogens is 1. The number of rotatable bonds is 5. The number of benzene rings is 2. The van der Waals surface area contributed by atoms with E-state index in [1.54, 1.807) is 17.4 Å². The van der Waals surface area contributed by atoms with Crippen LogP contribution in [-0.4, -0.2) is 19.6 Å². The van der Waals surface area contributed by atoms with Crippen molar-refractivity contribution in [2.75, 3.05) is 0 Å². The molecule has 0 fully saturated rings. The first kappa shape index (κ1) is 20.3. The SMILES string of the molecule is O=c1/c(=C/c2ccc(-c3nc4ccccc4s3)o2)sc2nc(COc3ccc(Br)cc3)nn12. The van der Waals surface area contributed by atoms with E-state index in [1.807, 2.05) is 60.7 Å². The van der Waals surface area contributed by atoms with Crippen LogP contribution in [0, 0.1) is 0 Å². The van der Waals surface area contributed by atoms with Gasteiger partial charge in [0.15, 0.2) is 16.6 Å². The van der Waals surface area contributed by atoms with E-state index in [0.29, 0.717) is 32.6 Å². The summed E-state index contributed by atoms with van der Waals surface area (Å²) in [6.07, 6.45) is 1.71. The molecule has 0 atom stereocenters. The van der Waals surface area contributed by atoms with E-state index >= 15 is 0 Å². The summed E-state index contributed by atoms with van der Waals surface area (Å²) in [5, 5.41) is 5.10. The minimum Gasteiger partial charge on any atom is -0.486 e. The molecule has 10 heteroatoms. The summed E-state index contributed by atoms with van der Waals surface area (Å²) in [5.41, 5.74) is 0.696. The Kier molecular flexibility index (Phi) is 5.05. The molecule has 0 bridgehead atoms. The van der Waals surface area contributed by atoms with E-state index in [-0.39, 0.29) is 12.2 Å². The highest BCUT2D eigenvalue weighted by molar-refractivity contribution is 9.10. The summed E-state index contributed by atoms with van der Waals surface area (Å²) in [7, 11) is 0. The van der Waals surface area contributed by atoms with Gasteiger partial charge in [0.25, 0.3) is 5.56 Å². The maximum atomic E-state index is 12.8. The molecule has 0 saturated carbocycles. The lowest BCUT2D eigenvalue weighted by Crippen LogP contribution is -2.23. The molecule has 6 aromatic rings. The quantitative estimate of drug-likeness (QED) is 0.311. The van der Waals surface area contributed by atoms with Gasteiger partial charge in [-0.3, -0.25) is 4.79 Å². The summed E-state index contributed by atoms with van der Waals surface area (Å²) in [6, 6.07) is 19.1. The topological polar surface area (TPSA) is 82.5 Å². The van der Waals surface area contributed by atoms with E-state index in [2.05, 4.69) is 31.0 Å². The molecule has 0 spiro atoms. The van der Waals surface area contributed by atoms with Gasteiger partial charge in [0.1, 0.15) is 22.6 Å². The Bertz CT molecular complexity index is 1680. The normalized spacial score (nSPS) is 12.2. The average Bonchev–Trinajstić information content (AvgIpc) is 3.59. The molecule has 7 nitrogen and oxygen atoms in total. The van der Waals surface area contributed by atoms with Crippen LogP contribution in [0.2, 0.25) is 0 Å². The second-order valence-corrected chi connectivity index (χ2v) is 10.0. The Morgan fingerprint density at radius 1 is 1.03 bits per heavy atom. The van der Waals surface area contributed by atoms with Gasteiger partial charge in [-0.1, -0.05) is 39.4 Å². The number of hydrogen-bond donors (Lipinski definition) is 0. The molecule has 6 rings (SSSR count). The largest absolute Gasteiger partial charge is 0.486 e. The van der Waals surface area contributed by atoms with Crippen molar-refractivity contribution in [3.8, 4) is 16.5 Å². The zero-order chi connectivity index (χ0) is 22.4. The zero-order valence-corrected chi connectivity index (χ0v) is 20.0. The number of para-hydroxylation sites is 1. The minimum atomic E-state index is -0.240. The standard InChI is InChI=1S/C23H13BrN4O3S2/c24-13-5-7-14(8-6-13)30-12-20-26-23-28(27-20)22(29)19(33-23)11-15-9-10-17(31-15)21-25-16-3-1-2-4-18(16)32-21/h1-11H,12H2/b19-11-. The third kappa shape index (κ3) is 3.97. The maximum absolute atomic E-state index is 12.8. The Morgan fingerprint density at radius 2 is 1.88 bits per heavy atom. The number of furan rings is 1. The second kappa shape index (κ2) is 8.22. The van der Waals surface area contributed by atoms with Crippen molar-refractivity contribution >= 4 is 59.9 Å². The Labute approximate surface area is 202 Å². The van der Waals surface area contributed by atoms with Crippen molar-refractivity contribution in [3.63, 3.8) is 0 Å². The van der Waals surface area contributed by atoms with Crippen molar-refractivity contribution < 1.29 is 9.15 Å². The highest BCUT2D eigenvalue weighted by atomic mass is 79.9. The summed E-state index contributed by atoms with van der Waals surface area (Å²) in [6.45, 7) is 0.179. The van der Waals surface area contributed by atoms with Gasteiger partial charge in [0.05, 0.1) is 10.2 Å². The molecule has 0 radical (unpaired) electrons. The Hall–Kier alpha value is -3.34. The Balaban J connectivity index is 1.25. The van der Waals surface area contributed by atoms with Crippen LogP contribution in [0.25, 0.3) is 32.0 Å². The molecule has 162 valence electrons. The molecule has 0 unspecified atom stereocenters. The van der Waals surface area contributed by atoms with E-state index in [4.69, 9.17) is 9.15 Å². The molecule has 0 aliphatic carbocycles. The fraction of sp³-hybridized carbons (Fsp3) is 0.0435. The van der Waals surface area contributed by atoms with Crippen molar-refractivity contribution in [1.29, 1.82) is 0 Å². The van der Waals surface area contributed by atoms with Crippen LogP contribution in [0.4, 0.5) is 0 Å². The van der Waals surface area contributed by atoms with Crippen LogP contribution in [0.3, 0.4) is 0 Å². The lowest BCUT2D eigenvalue weighted by atomic mass is 10.3. The average molecular weight is 537 g/mol. The highest BCUT2D eigenvalue weighted by Gasteiger charge is 2.13. The lowest BCUT2D eigenvalue weighted by molar-refractivity contribution is 0.296. The van der Waals surface area contributed by atoms with E-state index in [0.717, 1.165) is 19.7 Å². The van der Waals surface area contributed by atoms with Crippen molar-refractivity contribution in [1.82, 2.24) is 19.6 Å². The van der Waals surface area contributed by atoms with Crippen molar-refractivity contribution in [2.45, 2.75) is 6.61 Å². The molecular formula is C23H13BrN4O3S2. The van der Waals surface area contributed by atoms with E-state index in [9.17, 15) is 4.79 Å². The molecular weight excluding hydrogens is 524 g/mol. The number of thiazole rings is 2. The predicted molar refractivity (Wildman–Crippen MR) is 132 cm³/mol. The van der Waals surface area contributed by atoms with Crippen LogP contribution < -0.4 is 14.8 Å². The summed E-state index contributed by atoms with van der Waals surface area (Å²) in [4.78, 5) is 22.3. The van der Waals surface area contributed by atoms with Gasteiger partial charge < -0.3 is 9.15 Å². The lowest BCUT2D eigenvalue weighted by Gasteiger charge is -2.02. The van der Waals surface area contributed by atoms with Crippen molar-refractivity contribution in [3.05, 3.63) is 91.6 Å². The first-order chi connectivity index (χ1) is 16.1. The molecule has 0 aliphatic rings. The summed E-state index contributed by atoms with van der Waals surface area (Å²) < 4.78 is 15.5. The van der Waals surface area contributed by atoms with Gasteiger partial charge in [-0.15, -0.1) is 16.4 Å². The van der Waals surface area contributed by atoms with Gasteiger partial charge in [0, 0.05) is 10.5 Å². The van der Waals surface area contributed by atoms with Gasteiger partial charge >= 0.3 is 0 Å².